The Bertz CT molecular complexity index is 1230. The third-order valence-electron chi connectivity index (χ3n) is 5.52. The molecule has 8 nitrogen and oxygen atoms in total. The molecule has 172 valence electrons. The zero-order valence-corrected chi connectivity index (χ0v) is 19.8. The second-order valence-electron chi connectivity index (χ2n) is 7.26. The van der Waals surface area contributed by atoms with Gasteiger partial charge in [-0.3, -0.25) is 4.79 Å². The molecule has 9 heteroatoms. The van der Waals surface area contributed by atoms with E-state index in [0.717, 1.165) is 11.1 Å². The molecule has 1 N–H and O–H groups in total. The van der Waals surface area contributed by atoms with Crippen LogP contribution in [0.5, 0.6) is 11.5 Å². The summed E-state index contributed by atoms with van der Waals surface area (Å²) in [7, 11) is 1.35. The molecular formula is C23H29N3O5S. The van der Waals surface area contributed by atoms with Crippen LogP contribution in [-0.4, -0.2) is 50.5 Å². The van der Waals surface area contributed by atoms with Crippen molar-refractivity contribution in [2.75, 3.05) is 27.3 Å². The van der Waals surface area contributed by atoms with Crippen molar-refractivity contribution in [3.63, 3.8) is 0 Å². The number of amides is 1. The van der Waals surface area contributed by atoms with Crippen LogP contribution in [0.25, 0.3) is 10.9 Å². The van der Waals surface area contributed by atoms with E-state index in [0.29, 0.717) is 35.7 Å². The number of ether oxygens (including phenoxy) is 2. The second-order valence-corrected chi connectivity index (χ2v) is 9.20. The summed E-state index contributed by atoms with van der Waals surface area (Å²) in [5.74, 6) is 1.04. The highest BCUT2D eigenvalue weighted by molar-refractivity contribution is 7.89. The molecule has 0 spiro atoms. The normalized spacial score (nSPS) is 11.7. The Morgan fingerprint density at radius 2 is 1.75 bits per heavy atom. The summed E-state index contributed by atoms with van der Waals surface area (Å²) < 4.78 is 39.5. The standard InChI is InChI=1S/C23H29N3O5S/c1-6-26(7-2)32(28,29)19-9-10-20-16(13-19)14-21(25(20)3)23(27)24-15-17-12-18(30-4)8-11-22(17)31-5/h8-14H,6-7,15H2,1-5H3,(H,24,27). The van der Waals surface area contributed by atoms with E-state index in [-0.39, 0.29) is 17.3 Å². The molecule has 0 aliphatic heterocycles. The van der Waals surface area contributed by atoms with Crippen molar-refractivity contribution in [2.45, 2.75) is 25.3 Å². The molecular weight excluding hydrogens is 430 g/mol. The third kappa shape index (κ3) is 4.44. The number of benzene rings is 2. The molecule has 3 aromatic rings. The van der Waals surface area contributed by atoms with Crippen molar-refractivity contribution in [2.24, 2.45) is 7.05 Å². The van der Waals surface area contributed by atoms with E-state index < -0.39 is 10.0 Å². The first-order chi connectivity index (χ1) is 15.3. The Labute approximate surface area is 188 Å². The molecule has 32 heavy (non-hydrogen) atoms. The highest BCUT2D eigenvalue weighted by atomic mass is 32.2. The summed E-state index contributed by atoms with van der Waals surface area (Å²) in [4.78, 5) is 13.1. The third-order valence-corrected chi connectivity index (χ3v) is 7.56. The monoisotopic (exact) mass is 459 g/mol. The van der Waals surface area contributed by atoms with E-state index in [1.807, 2.05) is 19.9 Å². The molecule has 1 aromatic heterocycles. The van der Waals surface area contributed by atoms with Crippen LogP contribution in [0, 0.1) is 0 Å². The van der Waals surface area contributed by atoms with Gasteiger partial charge in [0.1, 0.15) is 17.2 Å². The topological polar surface area (TPSA) is 89.9 Å². The number of rotatable bonds is 9. The number of nitrogens with one attached hydrogen (secondary N) is 1. The van der Waals surface area contributed by atoms with Gasteiger partial charge in [-0.05, 0) is 42.5 Å². The number of carbonyl (C=O) groups is 1. The van der Waals surface area contributed by atoms with Gasteiger partial charge in [0.2, 0.25) is 10.0 Å². The van der Waals surface area contributed by atoms with Crippen molar-refractivity contribution in [1.82, 2.24) is 14.2 Å². The lowest BCUT2D eigenvalue weighted by Gasteiger charge is -2.18. The maximum atomic E-state index is 12.9. The van der Waals surface area contributed by atoms with Crippen LogP contribution in [0.3, 0.4) is 0 Å². The number of fused-ring (bicyclic) bond motifs is 1. The summed E-state index contributed by atoms with van der Waals surface area (Å²) in [6.07, 6.45) is 0. The average molecular weight is 460 g/mol. The number of hydrogen-bond donors (Lipinski definition) is 1. The average Bonchev–Trinajstić information content (AvgIpc) is 3.13. The van der Waals surface area contributed by atoms with Crippen LogP contribution in [-0.2, 0) is 23.6 Å². The van der Waals surface area contributed by atoms with Gasteiger partial charge < -0.3 is 19.4 Å². The quantitative estimate of drug-likeness (QED) is 0.531. The van der Waals surface area contributed by atoms with Crippen molar-refractivity contribution < 1.29 is 22.7 Å². The zero-order valence-electron chi connectivity index (χ0n) is 19.0. The minimum absolute atomic E-state index is 0.215. The van der Waals surface area contributed by atoms with Gasteiger partial charge in [0.05, 0.1) is 19.1 Å². The predicted molar refractivity (Wildman–Crippen MR) is 124 cm³/mol. The van der Waals surface area contributed by atoms with Crippen LogP contribution >= 0.6 is 0 Å². The maximum absolute atomic E-state index is 12.9. The van der Waals surface area contributed by atoms with Crippen molar-refractivity contribution in [3.8, 4) is 11.5 Å². The van der Waals surface area contributed by atoms with Gasteiger partial charge >= 0.3 is 0 Å². The van der Waals surface area contributed by atoms with Gasteiger partial charge in [-0.2, -0.15) is 4.31 Å². The van der Waals surface area contributed by atoms with Crippen LogP contribution in [0.2, 0.25) is 0 Å². The highest BCUT2D eigenvalue weighted by Gasteiger charge is 2.23. The minimum atomic E-state index is -3.58. The van der Waals surface area contributed by atoms with Crippen LogP contribution in [0.1, 0.15) is 29.9 Å². The largest absolute Gasteiger partial charge is 0.497 e. The summed E-state index contributed by atoms with van der Waals surface area (Å²) in [6.45, 7) is 4.66. The first-order valence-electron chi connectivity index (χ1n) is 10.4. The molecule has 0 atom stereocenters. The Morgan fingerprint density at radius 3 is 2.38 bits per heavy atom. The predicted octanol–water partition coefficient (Wildman–Crippen LogP) is 3.16. The molecule has 1 amide bonds. The van der Waals surface area contributed by atoms with Crippen molar-refractivity contribution >= 4 is 26.8 Å². The number of aryl methyl sites for hydroxylation is 1. The van der Waals surface area contributed by atoms with Gasteiger partial charge in [0.25, 0.3) is 5.91 Å². The lowest BCUT2D eigenvalue weighted by Crippen LogP contribution is -2.30. The number of hydrogen-bond acceptors (Lipinski definition) is 5. The van der Waals surface area contributed by atoms with E-state index >= 15 is 0 Å². The molecule has 0 aliphatic carbocycles. The van der Waals surface area contributed by atoms with Crippen molar-refractivity contribution in [3.05, 3.63) is 53.7 Å². The molecule has 1 heterocycles. The van der Waals surface area contributed by atoms with Crippen LogP contribution in [0.15, 0.2) is 47.4 Å². The molecule has 0 saturated carbocycles. The van der Waals surface area contributed by atoms with E-state index in [4.69, 9.17) is 9.47 Å². The van der Waals surface area contributed by atoms with E-state index in [1.165, 1.54) is 4.31 Å². The van der Waals surface area contributed by atoms with Gasteiger partial charge in [-0.25, -0.2) is 8.42 Å². The van der Waals surface area contributed by atoms with E-state index in [9.17, 15) is 13.2 Å². The first kappa shape index (κ1) is 23.6. The first-order valence-corrected chi connectivity index (χ1v) is 11.8. The molecule has 0 saturated heterocycles. The number of nitrogens with zero attached hydrogens (tertiary/aromatic N) is 2. The fourth-order valence-electron chi connectivity index (χ4n) is 3.70. The fourth-order valence-corrected chi connectivity index (χ4v) is 5.20. The number of sulfonamides is 1. The van der Waals surface area contributed by atoms with Crippen molar-refractivity contribution in [1.29, 1.82) is 0 Å². The molecule has 0 fully saturated rings. The summed E-state index contributed by atoms with van der Waals surface area (Å²) in [6, 6.07) is 12.0. The SMILES string of the molecule is CCN(CC)S(=O)(=O)c1ccc2c(c1)cc(C(=O)NCc1cc(OC)ccc1OC)n2C. The van der Waals surface area contributed by atoms with Gasteiger partial charge in [-0.1, -0.05) is 13.8 Å². The Morgan fingerprint density at radius 1 is 1.03 bits per heavy atom. The molecule has 0 unspecified atom stereocenters. The van der Waals surface area contributed by atoms with Crippen LogP contribution < -0.4 is 14.8 Å². The Balaban J connectivity index is 1.88. The highest BCUT2D eigenvalue weighted by Crippen LogP contribution is 2.26. The lowest BCUT2D eigenvalue weighted by atomic mass is 10.2. The summed E-state index contributed by atoms with van der Waals surface area (Å²) in [5, 5.41) is 3.59. The van der Waals surface area contributed by atoms with Gasteiger partial charge in [-0.15, -0.1) is 0 Å². The number of methoxy groups -OCH3 is 2. The zero-order chi connectivity index (χ0) is 23.5. The Kier molecular flexibility index (Phi) is 7.10. The molecule has 0 radical (unpaired) electrons. The molecule has 2 aromatic carbocycles. The molecule has 3 rings (SSSR count). The fraction of sp³-hybridized carbons (Fsp3) is 0.348. The second kappa shape index (κ2) is 9.62. The maximum Gasteiger partial charge on any atom is 0.268 e. The number of carbonyl (C=O) groups excluding carboxylic acids is 1. The minimum Gasteiger partial charge on any atom is -0.497 e. The molecule has 0 aliphatic rings. The van der Waals surface area contributed by atoms with E-state index in [2.05, 4.69) is 5.32 Å². The summed E-state index contributed by atoms with van der Waals surface area (Å²) in [5.41, 5.74) is 1.98. The van der Waals surface area contributed by atoms with Gasteiger partial charge in [0.15, 0.2) is 0 Å². The van der Waals surface area contributed by atoms with Crippen LogP contribution in [0.4, 0.5) is 0 Å². The lowest BCUT2D eigenvalue weighted by molar-refractivity contribution is 0.0943. The Hall–Kier alpha value is -3.04. The molecule has 0 bridgehead atoms. The number of aromatic nitrogens is 1. The summed E-state index contributed by atoms with van der Waals surface area (Å²) >= 11 is 0. The van der Waals surface area contributed by atoms with Gasteiger partial charge in [0, 0.05) is 43.1 Å². The van der Waals surface area contributed by atoms with E-state index in [1.54, 1.807) is 62.2 Å². The smallest absolute Gasteiger partial charge is 0.268 e.